The van der Waals surface area contributed by atoms with E-state index in [1.54, 1.807) is 105 Å². The Hall–Kier alpha value is -5.17. The summed E-state index contributed by atoms with van der Waals surface area (Å²) in [7, 11) is 1.21. The summed E-state index contributed by atoms with van der Waals surface area (Å²) in [5.74, 6) is -4.92. The Kier molecular flexibility index (Phi) is 15.7. The molecule has 0 fully saturated rings. The zero-order valence-electron chi connectivity index (χ0n) is 28.9. The van der Waals surface area contributed by atoms with Crippen molar-refractivity contribution < 1.29 is 48.1 Å². The molecule has 3 atom stereocenters. The SMILES string of the molecule is COC(=O)CCCC(S)C(=O)N(C(=O)OCc1ccccc1)[C@@](Cc1ccccc1)(C(=O)O)C(=O)[C@H](CC(C)C)NC(=O)OCc1ccccc1. The molecule has 13 heteroatoms. The highest BCUT2D eigenvalue weighted by molar-refractivity contribution is 7.81. The summed E-state index contributed by atoms with van der Waals surface area (Å²) in [5.41, 5.74) is -1.41. The number of carbonyl (C=O) groups excluding carboxylic acids is 5. The number of carboxylic acid groups (broad SMARTS) is 1. The maximum atomic E-state index is 14.9. The van der Waals surface area contributed by atoms with E-state index in [1.807, 2.05) is 0 Å². The number of carboxylic acids is 1. The molecule has 0 saturated carbocycles. The van der Waals surface area contributed by atoms with Crippen molar-refractivity contribution in [3.05, 3.63) is 108 Å². The second-order valence-corrected chi connectivity index (χ2v) is 12.9. The van der Waals surface area contributed by atoms with E-state index < -0.39 is 59.1 Å². The number of esters is 1. The van der Waals surface area contributed by atoms with Crippen LogP contribution >= 0.6 is 12.6 Å². The van der Waals surface area contributed by atoms with Crippen molar-refractivity contribution in [1.29, 1.82) is 0 Å². The third kappa shape index (κ3) is 11.7. The summed E-state index contributed by atoms with van der Waals surface area (Å²) in [4.78, 5) is 82.2. The Morgan fingerprint density at radius 3 is 1.80 bits per heavy atom. The average molecular weight is 721 g/mol. The Morgan fingerprint density at radius 2 is 1.31 bits per heavy atom. The molecule has 51 heavy (non-hydrogen) atoms. The topological polar surface area (TPSA) is 166 Å². The Labute approximate surface area is 302 Å². The Balaban J connectivity index is 2.12. The van der Waals surface area contributed by atoms with E-state index in [0.29, 0.717) is 21.6 Å². The summed E-state index contributed by atoms with van der Waals surface area (Å²) in [6, 6.07) is 23.8. The van der Waals surface area contributed by atoms with Gasteiger partial charge in [-0.2, -0.15) is 12.6 Å². The number of Topliss-reactive ketones (excluding diaryl/α,β-unsaturated/α-hetero) is 1. The van der Waals surface area contributed by atoms with Gasteiger partial charge in [0.15, 0.2) is 5.78 Å². The van der Waals surface area contributed by atoms with Crippen LogP contribution in [0.3, 0.4) is 0 Å². The fourth-order valence-electron chi connectivity index (χ4n) is 5.37. The molecule has 0 aromatic heterocycles. The molecule has 0 saturated heterocycles. The van der Waals surface area contributed by atoms with E-state index in [1.165, 1.54) is 7.11 Å². The first-order valence-corrected chi connectivity index (χ1v) is 17.0. The first-order valence-electron chi connectivity index (χ1n) is 16.5. The van der Waals surface area contributed by atoms with Gasteiger partial charge in [-0.15, -0.1) is 0 Å². The molecular weight excluding hydrogens is 676 g/mol. The zero-order chi connectivity index (χ0) is 37.4. The van der Waals surface area contributed by atoms with Gasteiger partial charge in [0.2, 0.25) is 11.4 Å². The van der Waals surface area contributed by atoms with Gasteiger partial charge in [0.05, 0.1) is 18.4 Å². The number of imide groups is 1. The number of benzene rings is 3. The van der Waals surface area contributed by atoms with Crippen LogP contribution in [0.4, 0.5) is 9.59 Å². The monoisotopic (exact) mass is 720 g/mol. The molecule has 2 N–H and O–H groups in total. The highest BCUT2D eigenvalue weighted by Crippen LogP contribution is 2.31. The van der Waals surface area contributed by atoms with E-state index >= 15 is 0 Å². The minimum Gasteiger partial charge on any atom is -0.479 e. The highest BCUT2D eigenvalue weighted by atomic mass is 32.1. The number of hydrogen-bond donors (Lipinski definition) is 3. The summed E-state index contributed by atoms with van der Waals surface area (Å²) in [6.45, 7) is 3.04. The van der Waals surface area contributed by atoms with Crippen LogP contribution in [0.1, 0.15) is 56.2 Å². The third-order valence-electron chi connectivity index (χ3n) is 7.95. The predicted molar refractivity (Wildman–Crippen MR) is 191 cm³/mol. The number of hydrogen-bond acceptors (Lipinski definition) is 10. The summed E-state index contributed by atoms with van der Waals surface area (Å²) in [5, 5.41) is 12.3. The number of ketones is 1. The fraction of sp³-hybridized carbons (Fsp3) is 0.368. The van der Waals surface area contributed by atoms with Crippen molar-refractivity contribution in [2.75, 3.05) is 7.11 Å². The van der Waals surface area contributed by atoms with Gasteiger partial charge in [0, 0.05) is 12.8 Å². The number of nitrogens with one attached hydrogen (secondary N) is 1. The standard InChI is InChI=1S/C38H44N2O10S/c1-26(2)22-30(39-36(46)49-24-28-16-9-5-10-17-28)33(42)38(35(44)45,23-27-14-7-4-8-15-27)40(34(43)31(51)20-13-21-32(41)48-3)37(47)50-25-29-18-11-6-12-19-29/h4-12,14-19,26,30-31,51H,13,20-25H2,1-3H3,(H,39,46)(H,44,45)/t30-,31?,38+/m0/s1. The van der Waals surface area contributed by atoms with Gasteiger partial charge in [0.1, 0.15) is 13.2 Å². The Morgan fingerprint density at radius 1 is 0.804 bits per heavy atom. The molecular formula is C38H44N2O10S. The van der Waals surface area contributed by atoms with Gasteiger partial charge in [-0.1, -0.05) is 105 Å². The largest absolute Gasteiger partial charge is 0.479 e. The minimum absolute atomic E-state index is 0.0619. The zero-order valence-corrected chi connectivity index (χ0v) is 29.8. The van der Waals surface area contributed by atoms with E-state index in [4.69, 9.17) is 9.47 Å². The van der Waals surface area contributed by atoms with Gasteiger partial charge >= 0.3 is 24.1 Å². The number of ether oxygens (including phenoxy) is 3. The second-order valence-electron chi connectivity index (χ2n) is 12.3. The summed E-state index contributed by atoms with van der Waals surface area (Å²) < 4.78 is 15.6. The second kappa shape index (κ2) is 19.9. The molecule has 3 rings (SSSR count). The molecule has 0 aliphatic carbocycles. The predicted octanol–water partition coefficient (Wildman–Crippen LogP) is 5.77. The van der Waals surface area contributed by atoms with Crippen LogP contribution in [0.15, 0.2) is 91.0 Å². The van der Waals surface area contributed by atoms with E-state index in [9.17, 15) is 33.9 Å². The molecule has 0 radical (unpaired) electrons. The molecule has 0 aliphatic heterocycles. The lowest BCUT2D eigenvalue weighted by molar-refractivity contribution is -0.163. The van der Waals surface area contributed by atoms with Crippen molar-refractivity contribution in [3.8, 4) is 0 Å². The number of aliphatic carboxylic acids is 1. The van der Waals surface area contributed by atoms with Crippen LogP contribution in [0.2, 0.25) is 0 Å². The van der Waals surface area contributed by atoms with E-state index in [0.717, 1.165) is 0 Å². The highest BCUT2D eigenvalue weighted by Gasteiger charge is 2.59. The normalized spacial score (nSPS) is 13.2. The van der Waals surface area contributed by atoms with E-state index in [-0.39, 0.29) is 44.8 Å². The van der Waals surface area contributed by atoms with Gasteiger partial charge < -0.3 is 24.6 Å². The number of thiol groups is 1. The summed E-state index contributed by atoms with van der Waals surface area (Å²) in [6.07, 6.45) is -3.17. The summed E-state index contributed by atoms with van der Waals surface area (Å²) >= 11 is 4.40. The van der Waals surface area contributed by atoms with Crippen molar-refractivity contribution in [1.82, 2.24) is 10.2 Å². The van der Waals surface area contributed by atoms with Gasteiger partial charge in [-0.05, 0) is 41.9 Å². The third-order valence-corrected chi connectivity index (χ3v) is 8.43. The minimum atomic E-state index is -2.93. The van der Waals surface area contributed by atoms with E-state index in [2.05, 4.69) is 22.7 Å². The lowest BCUT2D eigenvalue weighted by Crippen LogP contribution is -2.70. The van der Waals surface area contributed by atoms with Crippen LogP contribution < -0.4 is 5.32 Å². The van der Waals surface area contributed by atoms with Crippen LogP contribution in [0.25, 0.3) is 0 Å². The molecule has 0 heterocycles. The van der Waals surface area contributed by atoms with Gasteiger partial charge in [0.25, 0.3) is 0 Å². The molecule has 3 aromatic rings. The lowest BCUT2D eigenvalue weighted by Gasteiger charge is -2.40. The molecule has 12 nitrogen and oxygen atoms in total. The number of nitrogens with zero attached hydrogens (tertiary/aromatic N) is 1. The molecule has 1 unspecified atom stereocenters. The Bertz CT molecular complexity index is 1620. The molecule has 0 spiro atoms. The van der Waals surface area contributed by atoms with Crippen LogP contribution in [0, 0.1) is 5.92 Å². The van der Waals surface area contributed by atoms with Crippen molar-refractivity contribution >= 4 is 48.4 Å². The van der Waals surface area contributed by atoms with Gasteiger partial charge in [-0.25, -0.2) is 19.3 Å². The fourth-order valence-corrected chi connectivity index (χ4v) is 5.67. The number of methoxy groups -OCH3 is 1. The number of rotatable bonds is 18. The smallest absolute Gasteiger partial charge is 0.418 e. The number of carbonyl (C=O) groups is 6. The van der Waals surface area contributed by atoms with Crippen LogP contribution in [0.5, 0.6) is 0 Å². The lowest BCUT2D eigenvalue weighted by atomic mass is 9.79. The number of amides is 3. The average Bonchev–Trinajstić information content (AvgIpc) is 3.12. The molecule has 3 aromatic carbocycles. The van der Waals surface area contributed by atoms with Crippen molar-refractivity contribution in [3.63, 3.8) is 0 Å². The first kappa shape index (κ1) is 40.3. The van der Waals surface area contributed by atoms with Gasteiger partial charge in [-0.3, -0.25) is 14.4 Å². The molecule has 3 amide bonds. The quantitative estimate of drug-likeness (QED) is 0.0636. The molecule has 272 valence electrons. The van der Waals surface area contributed by atoms with Crippen molar-refractivity contribution in [2.24, 2.45) is 5.92 Å². The number of alkyl carbamates (subject to hydrolysis) is 1. The maximum absolute atomic E-state index is 14.9. The first-order chi connectivity index (χ1) is 24.4. The molecule has 0 aliphatic rings. The maximum Gasteiger partial charge on any atom is 0.418 e. The van der Waals surface area contributed by atoms with Crippen LogP contribution in [-0.4, -0.2) is 69.8 Å². The molecule has 0 bridgehead atoms. The van der Waals surface area contributed by atoms with Crippen molar-refractivity contribution in [2.45, 2.75) is 76.0 Å². The van der Waals surface area contributed by atoms with Crippen LogP contribution in [-0.2, 0) is 53.0 Å².